The van der Waals surface area contributed by atoms with Gasteiger partial charge in [-0.1, -0.05) is 6.07 Å². The Hall–Kier alpha value is -1.66. The van der Waals surface area contributed by atoms with E-state index in [4.69, 9.17) is 10.2 Å². The third kappa shape index (κ3) is 2.12. The highest BCUT2D eigenvalue weighted by atomic mass is 16.4. The average Bonchev–Trinajstić information content (AvgIpc) is 3.00. The first kappa shape index (κ1) is 10.8. The number of aromatic amines is 1. The number of aliphatic hydroxyl groups is 1. The van der Waals surface area contributed by atoms with Gasteiger partial charge in [0, 0.05) is 24.3 Å². The van der Waals surface area contributed by atoms with Gasteiger partial charge >= 0.3 is 5.97 Å². The molecule has 2 heterocycles. The van der Waals surface area contributed by atoms with Crippen molar-refractivity contribution >= 4 is 5.97 Å². The Morgan fingerprint density at radius 2 is 2.31 bits per heavy atom. The topological polar surface area (TPSA) is 93.4 Å². The van der Waals surface area contributed by atoms with E-state index in [1.807, 2.05) is 0 Å². The highest BCUT2D eigenvalue weighted by Gasteiger charge is 2.40. The second-order valence-corrected chi connectivity index (χ2v) is 3.78. The van der Waals surface area contributed by atoms with Crippen LogP contribution in [0.3, 0.4) is 0 Å². The number of aliphatic hydroxyl groups excluding tert-OH is 1. The molecule has 0 radical (unpaired) electrons. The van der Waals surface area contributed by atoms with Gasteiger partial charge in [0.2, 0.25) is 0 Å². The second-order valence-electron chi connectivity index (χ2n) is 3.78. The molecule has 0 aliphatic carbocycles. The molecule has 1 fully saturated rings. The number of H-pyrrole nitrogens is 1. The predicted molar refractivity (Wildman–Crippen MR) is 54.8 cm³/mol. The van der Waals surface area contributed by atoms with Gasteiger partial charge in [-0.2, -0.15) is 0 Å². The summed E-state index contributed by atoms with van der Waals surface area (Å²) in [5.74, 6) is -0.858. The number of hydrogen-bond acceptors (Lipinski definition) is 4. The SMILES string of the molecule is O=C(O)C1CN1Cc1ccc(CO)[nH]c1=O. The van der Waals surface area contributed by atoms with Crippen molar-refractivity contribution in [2.75, 3.05) is 6.54 Å². The predicted octanol–water partition coefficient (Wildman–Crippen LogP) is -0.864. The molecule has 0 bridgehead atoms. The lowest BCUT2D eigenvalue weighted by molar-refractivity contribution is -0.137. The van der Waals surface area contributed by atoms with E-state index in [0.717, 1.165) is 0 Å². The highest BCUT2D eigenvalue weighted by molar-refractivity contribution is 5.76. The minimum atomic E-state index is -0.858. The summed E-state index contributed by atoms with van der Waals surface area (Å²) in [4.78, 5) is 26.3. The van der Waals surface area contributed by atoms with Crippen LogP contribution in [0, 0.1) is 0 Å². The van der Waals surface area contributed by atoms with Crippen molar-refractivity contribution in [3.63, 3.8) is 0 Å². The van der Waals surface area contributed by atoms with E-state index in [2.05, 4.69) is 4.98 Å². The third-order valence-corrected chi connectivity index (χ3v) is 2.59. The third-order valence-electron chi connectivity index (χ3n) is 2.59. The summed E-state index contributed by atoms with van der Waals surface area (Å²) in [5.41, 5.74) is 0.692. The molecule has 1 aliphatic heterocycles. The zero-order chi connectivity index (χ0) is 11.7. The first-order valence-electron chi connectivity index (χ1n) is 4.90. The Kier molecular flexibility index (Phi) is 2.76. The van der Waals surface area contributed by atoms with E-state index in [-0.39, 0.29) is 12.2 Å². The van der Waals surface area contributed by atoms with Gasteiger partial charge in [-0.25, -0.2) is 0 Å². The minimum absolute atomic E-state index is 0.211. The summed E-state index contributed by atoms with van der Waals surface area (Å²) >= 11 is 0. The molecule has 1 saturated heterocycles. The van der Waals surface area contributed by atoms with Gasteiger partial charge in [-0.15, -0.1) is 0 Å². The molecule has 2 atom stereocenters. The molecule has 1 aromatic heterocycles. The maximum Gasteiger partial charge on any atom is 0.322 e. The van der Waals surface area contributed by atoms with Crippen LogP contribution >= 0.6 is 0 Å². The van der Waals surface area contributed by atoms with Gasteiger partial charge in [0.15, 0.2) is 0 Å². The van der Waals surface area contributed by atoms with Crippen molar-refractivity contribution in [2.45, 2.75) is 19.2 Å². The van der Waals surface area contributed by atoms with Crippen LogP contribution in [0.1, 0.15) is 11.3 Å². The zero-order valence-electron chi connectivity index (χ0n) is 8.51. The van der Waals surface area contributed by atoms with E-state index in [0.29, 0.717) is 24.3 Å². The van der Waals surface area contributed by atoms with Crippen LogP contribution in [0.5, 0.6) is 0 Å². The summed E-state index contributed by atoms with van der Waals surface area (Å²) in [7, 11) is 0. The van der Waals surface area contributed by atoms with Gasteiger partial charge in [0.1, 0.15) is 6.04 Å². The summed E-state index contributed by atoms with van der Waals surface area (Å²) in [6.45, 7) is 0.603. The Bertz CT molecular complexity index is 468. The molecule has 0 amide bonds. The van der Waals surface area contributed by atoms with Crippen LogP contribution in [0.4, 0.5) is 0 Å². The maximum absolute atomic E-state index is 11.5. The summed E-state index contributed by atoms with van der Waals surface area (Å²) in [5, 5.41) is 17.5. The Labute approximate surface area is 91.1 Å². The van der Waals surface area contributed by atoms with Gasteiger partial charge in [-0.3, -0.25) is 14.5 Å². The number of carboxylic acid groups (broad SMARTS) is 1. The molecule has 1 aromatic rings. The number of nitrogens with zero attached hydrogens (tertiary/aromatic N) is 1. The molecule has 0 spiro atoms. The largest absolute Gasteiger partial charge is 0.480 e. The number of carbonyl (C=O) groups is 1. The number of aliphatic carboxylic acids is 1. The Morgan fingerprint density at radius 1 is 1.56 bits per heavy atom. The number of hydrogen-bond donors (Lipinski definition) is 3. The summed E-state index contributed by atoms with van der Waals surface area (Å²) in [6, 6.07) is 2.77. The van der Waals surface area contributed by atoms with Gasteiger partial charge < -0.3 is 15.2 Å². The average molecular weight is 224 g/mol. The standard InChI is InChI=1S/C10H12N2O4/c13-5-7-2-1-6(9(14)11-7)3-12-4-8(12)10(15)16/h1-2,8,13H,3-5H2,(H,11,14)(H,15,16). The first-order valence-corrected chi connectivity index (χ1v) is 4.90. The fraction of sp³-hybridized carbons (Fsp3) is 0.400. The summed E-state index contributed by atoms with van der Waals surface area (Å²) < 4.78 is 0. The lowest BCUT2D eigenvalue weighted by Crippen LogP contribution is -2.19. The van der Waals surface area contributed by atoms with Crippen molar-refractivity contribution < 1.29 is 15.0 Å². The lowest BCUT2D eigenvalue weighted by Gasteiger charge is -2.02. The molecular formula is C10H12N2O4. The molecule has 0 saturated carbocycles. The van der Waals surface area contributed by atoms with Crippen LogP contribution in [0.2, 0.25) is 0 Å². The van der Waals surface area contributed by atoms with Crippen molar-refractivity contribution in [3.05, 3.63) is 33.7 Å². The maximum atomic E-state index is 11.5. The molecule has 86 valence electrons. The molecule has 2 unspecified atom stereocenters. The number of carboxylic acids is 1. The number of nitrogens with one attached hydrogen (secondary N) is 1. The van der Waals surface area contributed by atoms with Gasteiger partial charge in [0.25, 0.3) is 5.56 Å². The summed E-state index contributed by atoms with van der Waals surface area (Å²) in [6.07, 6.45) is 0. The zero-order valence-corrected chi connectivity index (χ0v) is 8.51. The van der Waals surface area contributed by atoms with Crippen LogP contribution in [-0.4, -0.2) is 38.7 Å². The van der Waals surface area contributed by atoms with Crippen LogP contribution < -0.4 is 5.56 Å². The molecule has 3 N–H and O–H groups in total. The fourth-order valence-electron chi connectivity index (χ4n) is 1.56. The molecule has 0 aromatic carbocycles. The van der Waals surface area contributed by atoms with Crippen LogP contribution in [0.15, 0.2) is 16.9 Å². The first-order chi connectivity index (χ1) is 7.61. The van der Waals surface area contributed by atoms with Gasteiger partial charge in [-0.05, 0) is 6.07 Å². The lowest BCUT2D eigenvalue weighted by atomic mass is 10.2. The van der Waals surface area contributed by atoms with Crippen molar-refractivity contribution in [1.82, 2.24) is 9.88 Å². The van der Waals surface area contributed by atoms with Crippen LogP contribution in [-0.2, 0) is 17.9 Å². The minimum Gasteiger partial charge on any atom is -0.480 e. The molecule has 16 heavy (non-hydrogen) atoms. The quantitative estimate of drug-likeness (QED) is 0.578. The molecule has 6 nitrogen and oxygen atoms in total. The number of aromatic nitrogens is 1. The molecule has 6 heteroatoms. The second kappa shape index (κ2) is 4.07. The van der Waals surface area contributed by atoms with Gasteiger partial charge in [0.05, 0.1) is 6.61 Å². The molecule has 2 rings (SSSR count). The van der Waals surface area contributed by atoms with E-state index < -0.39 is 12.0 Å². The number of pyridine rings is 1. The van der Waals surface area contributed by atoms with Crippen molar-refractivity contribution in [1.29, 1.82) is 0 Å². The normalized spacial score (nSPS) is 23.1. The van der Waals surface area contributed by atoms with E-state index in [9.17, 15) is 9.59 Å². The van der Waals surface area contributed by atoms with Crippen molar-refractivity contribution in [3.8, 4) is 0 Å². The Balaban J connectivity index is 2.06. The smallest absolute Gasteiger partial charge is 0.322 e. The van der Waals surface area contributed by atoms with E-state index in [1.54, 1.807) is 17.0 Å². The van der Waals surface area contributed by atoms with E-state index in [1.165, 1.54) is 0 Å². The van der Waals surface area contributed by atoms with Crippen LogP contribution in [0.25, 0.3) is 0 Å². The molecular weight excluding hydrogens is 212 g/mol. The van der Waals surface area contributed by atoms with E-state index >= 15 is 0 Å². The highest BCUT2D eigenvalue weighted by Crippen LogP contribution is 2.19. The fourth-order valence-corrected chi connectivity index (χ4v) is 1.56. The van der Waals surface area contributed by atoms with Crippen molar-refractivity contribution in [2.24, 2.45) is 0 Å². The molecule has 1 aliphatic rings. The Morgan fingerprint density at radius 3 is 2.81 bits per heavy atom. The monoisotopic (exact) mass is 224 g/mol. The number of rotatable bonds is 4.